The highest BCUT2D eigenvalue weighted by Gasteiger charge is 2.32. The Morgan fingerprint density at radius 1 is 1.55 bits per heavy atom. The number of carbonyl (C=O) groups is 1. The summed E-state index contributed by atoms with van der Waals surface area (Å²) >= 11 is 0. The minimum Gasteiger partial charge on any atom is -0.351 e. The lowest BCUT2D eigenvalue weighted by Gasteiger charge is -2.35. The van der Waals surface area contributed by atoms with Crippen molar-refractivity contribution in [3.63, 3.8) is 0 Å². The predicted octanol–water partition coefficient (Wildman–Crippen LogP) is 0.503. The Morgan fingerprint density at radius 3 is 3.05 bits per heavy atom. The van der Waals surface area contributed by atoms with Gasteiger partial charge in [0.25, 0.3) is 5.91 Å². The molecule has 1 amide bonds. The molecular weight excluding hydrogens is 258 g/mol. The fraction of sp³-hybridized carbons (Fsp3) is 0.462. The summed E-state index contributed by atoms with van der Waals surface area (Å²) in [5, 5.41) is 7.08. The lowest BCUT2D eigenvalue weighted by molar-refractivity contribution is 0.0578. The van der Waals surface area contributed by atoms with E-state index in [1.54, 1.807) is 24.1 Å². The lowest BCUT2D eigenvalue weighted by atomic mass is 10.1. The molecule has 1 aliphatic rings. The first-order valence-electron chi connectivity index (χ1n) is 6.59. The molecule has 20 heavy (non-hydrogen) atoms. The summed E-state index contributed by atoms with van der Waals surface area (Å²) in [7, 11) is 1.93. The van der Waals surface area contributed by atoms with Crippen LogP contribution < -0.4 is 5.32 Å². The number of nitrogens with zero attached hydrogens (tertiary/aromatic N) is 4. The second kappa shape index (κ2) is 5.09. The third kappa shape index (κ3) is 2.20. The molecule has 7 heteroatoms. The van der Waals surface area contributed by atoms with Crippen LogP contribution in [0.5, 0.6) is 0 Å². The first kappa shape index (κ1) is 12.9. The SMILES string of the molecule is Cc1cc(C(=O)N2CCNCC2c2nccn2C)on1. The van der Waals surface area contributed by atoms with Crippen molar-refractivity contribution < 1.29 is 9.32 Å². The zero-order valence-electron chi connectivity index (χ0n) is 11.5. The molecule has 1 aliphatic heterocycles. The monoisotopic (exact) mass is 275 g/mol. The van der Waals surface area contributed by atoms with E-state index < -0.39 is 0 Å². The molecule has 2 aromatic heterocycles. The first-order valence-corrected chi connectivity index (χ1v) is 6.59. The quantitative estimate of drug-likeness (QED) is 0.864. The number of rotatable bonds is 2. The van der Waals surface area contributed by atoms with Gasteiger partial charge in [-0.05, 0) is 6.92 Å². The number of hydrogen-bond donors (Lipinski definition) is 1. The van der Waals surface area contributed by atoms with Crippen molar-refractivity contribution in [1.29, 1.82) is 0 Å². The van der Waals surface area contributed by atoms with Gasteiger partial charge in [-0.15, -0.1) is 0 Å². The summed E-state index contributed by atoms with van der Waals surface area (Å²) in [6, 6.07) is 1.57. The van der Waals surface area contributed by atoms with Crippen LogP contribution >= 0.6 is 0 Å². The van der Waals surface area contributed by atoms with Crippen molar-refractivity contribution in [2.24, 2.45) is 7.05 Å². The number of carbonyl (C=O) groups excluding carboxylic acids is 1. The minimum atomic E-state index is -0.139. The van der Waals surface area contributed by atoms with E-state index in [4.69, 9.17) is 4.52 Å². The third-order valence-electron chi connectivity index (χ3n) is 3.50. The Kier molecular flexibility index (Phi) is 3.27. The molecule has 0 spiro atoms. The van der Waals surface area contributed by atoms with Crippen LogP contribution in [0.25, 0.3) is 0 Å². The zero-order valence-corrected chi connectivity index (χ0v) is 11.5. The van der Waals surface area contributed by atoms with E-state index >= 15 is 0 Å². The number of piperazine rings is 1. The Morgan fingerprint density at radius 2 is 2.40 bits per heavy atom. The maximum Gasteiger partial charge on any atom is 0.293 e. The molecule has 7 nitrogen and oxygen atoms in total. The molecular formula is C13H17N5O2. The highest BCUT2D eigenvalue weighted by Crippen LogP contribution is 2.22. The molecule has 3 heterocycles. The molecule has 0 aromatic carbocycles. The van der Waals surface area contributed by atoms with Gasteiger partial charge in [-0.2, -0.15) is 0 Å². The Balaban J connectivity index is 1.89. The Labute approximate surface area is 116 Å². The van der Waals surface area contributed by atoms with Gasteiger partial charge < -0.3 is 19.3 Å². The van der Waals surface area contributed by atoms with Crippen LogP contribution in [-0.2, 0) is 7.05 Å². The van der Waals surface area contributed by atoms with Gasteiger partial charge in [-0.1, -0.05) is 5.16 Å². The van der Waals surface area contributed by atoms with Crippen LogP contribution in [0.1, 0.15) is 28.1 Å². The lowest BCUT2D eigenvalue weighted by Crippen LogP contribution is -2.49. The molecule has 106 valence electrons. The number of nitrogens with one attached hydrogen (secondary N) is 1. The van der Waals surface area contributed by atoms with Crippen LogP contribution in [0.3, 0.4) is 0 Å². The van der Waals surface area contributed by atoms with E-state index in [9.17, 15) is 4.79 Å². The van der Waals surface area contributed by atoms with Gasteiger partial charge in [-0.25, -0.2) is 4.98 Å². The molecule has 1 unspecified atom stereocenters. The molecule has 1 fully saturated rings. The number of hydrogen-bond acceptors (Lipinski definition) is 5. The standard InChI is InChI=1S/C13H17N5O2/c1-9-7-11(20-16-9)13(19)18-6-3-14-8-10(18)12-15-4-5-17(12)2/h4-5,7,10,14H,3,6,8H2,1-2H3. The van der Waals surface area contributed by atoms with Crippen molar-refractivity contribution in [3.05, 3.63) is 35.7 Å². The van der Waals surface area contributed by atoms with E-state index in [0.29, 0.717) is 18.8 Å². The highest BCUT2D eigenvalue weighted by molar-refractivity contribution is 5.91. The van der Waals surface area contributed by atoms with Crippen molar-refractivity contribution >= 4 is 5.91 Å². The van der Waals surface area contributed by atoms with Crippen molar-refractivity contribution in [2.75, 3.05) is 19.6 Å². The van der Waals surface area contributed by atoms with E-state index in [-0.39, 0.29) is 17.7 Å². The third-order valence-corrected chi connectivity index (χ3v) is 3.50. The molecule has 1 saturated heterocycles. The first-order chi connectivity index (χ1) is 9.66. The maximum absolute atomic E-state index is 12.6. The van der Waals surface area contributed by atoms with Gasteiger partial charge in [-0.3, -0.25) is 4.79 Å². The summed E-state index contributed by atoms with van der Waals surface area (Å²) in [6.07, 6.45) is 3.62. The van der Waals surface area contributed by atoms with E-state index in [1.165, 1.54) is 0 Å². The summed E-state index contributed by atoms with van der Waals surface area (Å²) in [5.74, 6) is 1.01. The van der Waals surface area contributed by atoms with Crippen LogP contribution in [0.4, 0.5) is 0 Å². The molecule has 0 radical (unpaired) electrons. The Bertz CT molecular complexity index is 618. The molecule has 0 aliphatic carbocycles. The van der Waals surface area contributed by atoms with E-state index in [1.807, 2.05) is 17.8 Å². The van der Waals surface area contributed by atoms with Crippen LogP contribution in [0.2, 0.25) is 0 Å². The predicted molar refractivity (Wildman–Crippen MR) is 71.1 cm³/mol. The second-order valence-corrected chi connectivity index (χ2v) is 4.95. The summed E-state index contributed by atoms with van der Waals surface area (Å²) in [6.45, 7) is 3.87. The highest BCUT2D eigenvalue weighted by atomic mass is 16.5. The van der Waals surface area contributed by atoms with Gasteiger partial charge in [0.2, 0.25) is 5.76 Å². The van der Waals surface area contributed by atoms with Crippen molar-refractivity contribution in [3.8, 4) is 0 Å². The molecule has 2 aromatic rings. The normalized spacial score (nSPS) is 19.3. The molecule has 0 bridgehead atoms. The van der Waals surface area contributed by atoms with Crippen LogP contribution in [-0.4, -0.2) is 45.1 Å². The largest absolute Gasteiger partial charge is 0.351 e. The van der Waals surface area contributed by atoms with Crippen LogP contribution in [0, 0.1) is 6.92 Å². The zero-order chi connectivity index (χ0) is 14.1. The molecule has 1 N–H and O–H groups in total. The minimum absolute atomic E-state index is 0.0957. The maximum atomic E-state index is 12.6. The van der Waals surface area contributed by atoms with E-state index in [2.05, 4.69) is 15.5 Å². The van der Waals surface area contributed by atoms with Crippen molar-refractivity contribution in [2.45, 2.75) is 13.0 Å². The summed E-state index contributed by atoms with van der Waals surface area (Å²) < 4.78 is 7.02. The summed E-state index contributed by atoms with van der Waals surface area (Å²) in [4.78, 5) is 18.7. The van der Waals surface area contributed by atoms with Gasteiger partial charge in [0.05, 0.1) is 5.69 Å². The van der Waals surface area contributed by atoms with Gasteiger partial charge in [0.1, 0.15) is 11.9 Å². The number of aryl methyl sites for hydroxylation is 2. The fourth-order valence-electron chi connectivity index (χ4n) is 2.48. The number of aromatic nitrogens is 3. The van der Waals surface area contributed by atoms with E-state index in [0.717, 1.165) is 12.4 Å². The Hall–Kier alpha value is -2.15. The van der Waals surface area contributed by atoms with Gasteiger partial charge in [0, 0.05) is 45.1 Å². The molecule has 0 saturated carbocycles. The summed E-state index contributed by atoms with van der Waals surface area (Å²) in [5.41, 5.74) is 0.706. The smallest absolute Gasteiger partial charge is 0.293 e. The second-order valence-electron chi connectivity index (χ2n) is 4.95. The topological polar surface area (TPSA) is 76.2 Å². The number of imidazole rings is 1. The van der Waals surface area contributed by atoms with Crippen molar-refractivity contribution in [1.82, 2.24) is 24.9 Å². The van der Waals surface area contributed by atoms with Gasteiger partial charge in [0.15, 0.2) is 0 Å². The fourth-order valence-corrected chi connectivity index (χ4v) is 2.48. The number of amides is 1. The van der Waals surface area contributed by atoms with Gasteiger partial charge >= 0.3 is 0 Å². The van der Waals surface area contributed by atoms with Crippen LogP contribution in [0.15, 0.2) is 23.0 Å². The molecule has 1 atom stereocenters. The molecule has 3 rings (SSSR count). The average Bonchev–Trinajstić information content (AvgIpc) is 3.07. The average molecular weight is 275 g/mol.